The van der Waals surface area contributed by atoms with E-state index in [9.17, 15) is 4.39 Å². The minimum Gasteiger partial charge on any atom is -0.271 e. The van der Waals surface area contributed by atoms with E-state index < -0.39 is 0 Å². The van der Waals surface area contributed by atoms with Gasteiger partial charge in [0.25, 0.3) is 0 Å². The van der Waals surface area contributed by atoms with Gasteiger partial charge >= 0.3 is 0 Å². The van der Waals surface area contributed by atoms with Gasteiger partial charge < -0.3 is 0 Å². The first-order chi connectivity index (χ1) is 9.46. The molecule has 0 fully saturated rings. The van der Waals surface area contributed by atoms with Crippen LogP contribution in [0, 0.1) is 5.82 Å². The Kier molecular flexibility index (Phi) is 4.43. The molecular formula is C16H18ClFN2. The molecule has 4 heteroatoms. The van der Waals surface area contributed by atoms with Gasteiger partial charge in [-0.3, -0.25) is 11.3 Å². The maximum atomic E-state index is 14.2. The van der Waals surface area contributed by atoms with Crippen LogP contribution in [0.15, 0.2) is 48.5 Å². The van der Waals surface area contributed by atoms with Crippen molar-refractivity contribution in [3.63, 3.8) is 0 Å². The average molecular weight is 293 g/mol. The molecule has 3 N–H and O–H groups in total. The quantitative estimate of drug-likeness (QED) is 0.661. The lowest BCUT2D eigenvalue weighted by Gasteiger charge is -2.35. The normalized spacial score (nSPS) is 13.2. The van der Waals surface area contributed by atoms with Gasteiger partial charge in [-0.15, -0.1) is 0 Å². The second-order valence-corrected chi connectivity index (χ2v) is 5.79. The molecule has 2 aromatic rings. The molecule has 0 aliphatic rings. The minimum absolute atomic E-state index is 0.357. The molecule has 2 rings (SSSR count). The Morgan fingerprint density at radius 1 is 1.15 bits per heavy atom. The highest BCUT2D eigenvalue weighted by molar-refractivity contribution is 6.30. The number of rotatable bonds is 4. The largest absolute Gasteiger partial charge is 0.271 e. The topological polar surface area (TPSA) is 38.0 Å². The summed E-state index contributed by atoms with van der Waals surface area (Å²) in [5.74, 6) is 5.33. The molecule has 0 bridgehead atoms. The summed E-state index contributed by atoms with van der Waals surface area (Å²) in [5.41, 5.74) is 3.95. The Hall–Kier alpha value is -1.42. The molecular weight excluding hydrogens is 275 g/mol. The highest BCUT2D eigenvalue weighted by Crippen LogP contribution is 2.37. The van der Waals surface area contributed by atoms with E-state index in [0.717, 1.165) is 5.56 Å². The van der Waals surface area contributed by atoms with E-state index in [1.54, 1.807) is 12.1 Å². The van der Waals surface area contributed by atoms with Crippen LogP contribution in [-0.2, 0) is 5.41 Å². The molecule has 0 spiro atoms. The van der Waals surface area contributed by atoms with Gasteiger partial charge in [0.2, 0.25) is 0 Å². The number of nitrogens with two attached hydrogens (primary N) is 1. The molecule has 0 aromatic heterocycles. The van der Waals surface area contributed by atoms with Gasteiger partial charge in [-0.05, 0) is 17.7 Å². The third-order valence-corrected chi connectivity index (χ3v) is 3.91. The monoisotopic (exact) mass is 292 g/mol. The number of nitrogens with one attached hydrogen (secondary N) is 1. The van der Waals surface area contributed by atoms with Crippen molar-refractivity contribution in [3.05, 3.63) is 70.5 Å². The third-order valence-electron chi connectivity index (χ3n) is 3.68. The highest BCUT2D eigenvalue weighted by Gasteiger charge is 2.33. The van der Waals surface area contributed by atoms with Crippen LogP contribution >= 0.6 is 11.6 Å². The van der Waals surface area contributed by atoms with E-state index in [-0.39, 0.29) is 17.3 Å². The molecule has 0 radical (unpaired) electrons. The van der Waals surface area contributed by atoms with Crippen LogP contribution in [0.4, 0.5) is 4.39 Å². The zero-order chi connectivity index (χ0) is 14.8. The first-order valence-corrected chi connectivity index (χ1v) is 6.81. The fourth-order valence-corrected chi connectivity index (χ4v) is 2.62. The van der Waals surface area contributed by atoms with E-state index >= 15 is 0 Å². The molecule has 2 nitrogen and oxygen atoms in total. The summed E-state index contributed by atoms with van der Waals surface area (Å²) in [6.07, 6.45) is 0. The standard InChI is InChI=1S/C16H18ClFN2/c1-16(2,11-6-4-3-5-7-11)15(20-19)13-9-8-12(17)10-14(13)18/h3-10,15,20H,19H2,1-2H3. The average Bonchev–Trinajstić information content (AvgIpc) is 2.43. The van der Waals surface area contributed by atoms with Crippen LogP contribution in [0.2, 0.25) is 5.02 Å². The Morgan fingerprint density at radius 3 is 2.35 bits per heavy atom. The zero-order valence-corrected chi connectivity index (χ0v) is 12.3. The molecule has 0 saturated carbocycles. The Bertz CT molecular complexity index is 584. The van der Waals surface area contributed by atoms with Crippen molar-refractivity contribution in [3.8, 4) is 0 Å². The fourth-order valence-electron chi connectivity index (χ4n) is 2.46. The van der Waals surface area contributed by atoms with Gasteiger partial charge in [0.1, 0.15) is 5.82 Å². The second kappa shape index (κ2) is 5.92. The van der Waals surface area contributed by atoms with Crippen LogP contribution in [0.1, 0.15) is 31.0 Å². The molecule has 0 aliphatic heterocycles. The molecule has 2 aromatic carbocycles. The van der Waals surface area contributed by atoms with Crippen LogP contribution in [-0.4, -0.2) is 0 Å². The summed E-state index contributed by atoms with van der Waals surface area (Å²) in [4.78, 5) is 0. The highest BCUT2D eigenvalue weighted by atomic mass is 35.5. The van der Waals surface area contributed by atoms with E-state index in [1.165, 1.54) is 6.07 Å². The lowest BCUT2D eigenvalue weighted by atomic mass is 9.75. The minimum atomic E-state index is -0.370. The van der Waals surface area contributed by atoms with Crippen LogP contribution in [0.25, 0.3) is 0 Å². The van der Waals surface area contributed by atoms with Crippen molar-refractivity contribution in [1.82, 2.24) is 5.43 Å². The molecule has 0 saturated heterocycles. The van der Waals surface area contributed by atoms with E-state index in [0.29, 0.717) is 10.6 Å². The molecule has 0 aliphatic carbocycles. The molecule has 1 unspecified atom stereocenters. The second-order valence-electron chi connectivity index (χ2n) is 5.35. The van der Waals surface area contributed by atoms with Gasteiger partial charge in [-0.2, -0.15) is 0 Å². The lowest BCUT2D eigenvalue weighted by Crippen LogP contribution is -2.41. The Labute approximate surface area is 123 Å². The third kappa shape index (κ3) is 2.85. The van der Waals surface area contributed by atoms with E-state index in [2.05, 4.69) is 5.43 Å². The summed E-state index contributed by atoms with van der Waals surface area (Å²) in [7, 11) is 0. The summed E-state index contributed by atoms with van der Waals surface area (Å²) in [6, 6.07) is 14.2. The summed E-state index contributed by atoms with van der Waals surface area (Å²) in [5, 5.41) is 0.375. The number of hydrogen-bond acceptors (Lipinski definition) is 2. The number of halogens is 2. The SMILES string of the molecule is CC(C)(c1ccccc1)C(NN)c1ccc(Cl)cc1F. The fraction of sp³-hybridized carbons (Fsp3) is 0.250. The number of hydrazine groups is 1. The maximum Gasteiger partial charge on any atom is 0.129 e. The smallest absolute Gasteiger partial charge is 0.129 e. The summed E-state index contributed by atoms with van der Waals surface area (Å²) < 4.78 is 14.2. The van der Waals surface area contributed by atoms with Crippen molar-refractivity contribution in [2.24, 2.45) is 5.84 Å². The molecule has 0 heterocycles. The summed E-state index contributed by atoms with van der Waals surface area (Å²) >= 11 is 5.80. The molecule has 1 atom stereocenters. The molecule has 106 valence electrons. The summed E-state index contributed by atoms with van der Waals surface area (Å²) in [6.45, 7) is 4.06. The predicted molar refractivity (Wildman–Crippen MR) is 80.9 cm³/mol. The first-order valence-electron chi connectivity index (χ1n) is 6.43. The van der Waals surface area contributed by atoms with Crippen molar-refractivity contribution in [1.29, 1.82) is 0 Å². The van der Waals surface area contributed by atoms with Crippen LogP contribution < -0.4 is 11.3 Å². The van der Waals surface area contributed by atoms with Gasteiger partial charge in [0.05, 0.1) is 6.04 Å². The van der Waals surface area contributed by atoms with Crippen molar-refractivity contribution < 1.29 is 4.39 Å². The van der Waals surface area contributed by atoms with Crippen LogP contribution in [0.5, 0.6) is 0 Å². The van der Waals surface area contributed by atoms with Crippen molar-refractivity contribution in [2.75, 3.05) is 0 Å². The predicted octanol–water partition coefficient (Wildman–Crippen LogP) is 3.96. The first kappa shape index (κ1) is 15.0. The molecule has 20 heavy (non-hydrogen) atoms. The maximum absolute atomic E-state index is 14.2. The number of benzene rings is 2. The van der Waals surface area contributed by atoms with Gasteiger partial charge in [0, 0.05) is 16.0 Å². The van der Waals surface area contributed by atoms with E-state index in [1.807, 2.05) is 44.2 Å². The Balaban J connectivity index is 2.46. The van der Waals surface area contributed by atoms with Gasteiger partial charge in [-0.1, -0.05) is 61.8 Å². The van der Waals surface area contributed by atoms with Gasteiger partial charge in [-0.25, -0.2) is 4.39 Å². The molecule has 0 amide bonds. The number of hydrogen-bond donors (Lipinski definition) is 2. The van der Waals surface area contributed by atoms with Crippen molar-refractivity contribution in [2.45, 2.75) is 25.3 Å². The van der Waals surface area contributed by atoms with Crippen molar-refractivity contribution >= 4 is 11.6 Å². The van der Waals surface area contributed by atoms with Gasteiger partial charge in [0.15, 0.2) is 0 Å². The Morgan fingerprint density at radius 2 is 1.80 bits per heavy atom. The zero-order valence-electron chi connectivity index (χ0n) is 11.5. The lowest BCUT2D eigenvalue weighted by molar-refractivity contribution is 0.342. The van der Waals surface area contributed by atoms with E-state index in [4.69, 9.17) is 17.4 Å². The van der Waals surface area contributed by atoms with Crippen LogP contribution in [0.3, 0.4) is 0 Å².